The maximum absolute atomic E-state index is 12.5. The first-order valence-electron chi connectivity index (χ1n) is 9.94. The van der Waals surface area contributed by atoms with Crippen LogP contribution in [0.1, 0.15) is 25.3 Å². The maximum atomic E-state index is 12.5. The second-order valence-electron chi connectivity index (χ2n) is 7.37. The molecule has 4 nitrogen and oxygen atoms in total. The van der Waals surface area contributed by atoms with Crippen molar-refractivity contribution in [3.8, 4) is 0 Å². The van der Waals surface area contributed by atoms with Gasteiger partial charge in [0.15, 0.2) is 0 Å². The fraction of sp³-hybridized carbons (Fsp3) is 0.435. The number of benzene rings is 2. The summed E-state index contributed by atoms with van der Waals surface area (Å²) >= 11 is 0. The van der Waals surface area contributed by atoms with E-state index in [-0.39, 0.29) is 17.9 Å². The zero-order chi connectivity index (χ0) is 18.9. The monoisotopic (exact) mass is 366 g/mol. The van der Waals surface area contributed by atoms with Crippen LogP contribution in [0, 0.1) is 5.92 Å². The Balaban J connectivity index is 1.48. The summed E-state index contributed by atoms with van der Waals surface area (Å²) in [5, 5.41) is 3.00. The van der Waals surface area contributed by atoms with Crippen molar-refractivity contribution in [1.29, 1.82) is 0 Å². The molecule has 0 spiro atoms. The third kappa shape index (κ3) is 6.49. The van der Waals surface area contributed by atoms with E-state index in [1.807, 2.05) is 37.3 Å². The Kier molecular flexibility index (Phi) is 7.43. The summed E-state index contributed by atoms with van der Waals surface area (Å²) in [5.41, 5.74) is 2.22. The second kappa shape index (κ2) is 10.2. The molecule has 1 saturated heterocycles. The van der Waals surface area contributed by atoms with E-state index in [2.05, 4.69) is 40.5 Å². The molecule has 1 unspecified atom stereocenters. The van der Waals surface area contributed by atoms with E-state index in [1.165, 1.54) is 5.56 Å². The predicted molar refractivity (Wildman–Crippen MR) is 110 cm³/mol. The van der Waals surface area contributed by atoms with Crippen LogP contribution in [0.3, 0.4) is 0 Å². The first-order chi connectivity index (χ1) is 13.2. The molecule has 1 aliphatic rings. The van der Waals surface area contributed by atoms with Gasteiger partial charge in [0, 0.05) is 37.8 Å². The summed E-state index contributed by atoms with van der Waals surface area (Å²) < 4.78 is 6.03. The summed E-state index contributed by atoms with van der Waals surface area (Å²) in [5.74, 6) is -0.0193. The molecule has 0 radical (unpaired) electrons. The van der Waals surface area contributed by atoms with E-state index in [1.54, 1.807) is 0 Å². The lowest BCUT2D eigenvalue weighted by Gasteiger charge is -2.25. The molecule has 1 N–H and O–H groups in total. The SMILES string of the molecule is C[C@@H](CC1CN(CCc2ccccc2)CCCO1)C(=O)Nc1ccccc1. The number of hydrogen-bond donors (Lipinski definition) is 1. The van der Waals surface area contributed by atoms with Gasteiger partial charge in [-0.25, -0.2) is 0 Å². The second-order valence-corrected chi connectivity index (χ2v) is 7.37. The minimum Gasteiger partial charge on any atom is -0.377 e. The van der Waals surface area contributed by atoms with Gasteiger partial charge in [0.2, 0.25) is 5.91 Å². The summed E-state index contributed by atoms with van der Waals surface area (Å²) in [6, 6.07) is 20.2. The molecule has 4 heteroatoms. The molecule has 1 aliphatic heterocycles. The molecular formula is C23H30N2O2. The third-order valence-corrected chi connectivity index (χ3v) is 5.10. The quantitative estimate of drug-likeness (QED) is 0.806. The normalized spacial score (nSPS) is 19.2. The Bertz CT molecular complexity index is 690. The molecule has 0 saturated carbocycles. The van der Waals surface area contributed by atoms with Gasteiger partial charge in [-0.2, -0.15) is 0 Å². The fourth-order valence-electron chi connectivity index (χ4n) is 3.54. The smallest absolute Gasteiger partial charge is 0.227 e. The minimum absolute atomic E-state index is 0.0601. The number of anilines is 1. The van der Waals surface area contributed by atoms with E-state index in [0.717, 1.165) is 51.2 Å². The van der Waals surface area contributed by atoms with Gasteiger partial charge in [-0.3, -0.25) is 4.79 Å². The van der Waals surface area contributed by atoms with Crippen LogP contribution in [0.25, 0.3) is 0 Å². The van der Waals surface area contributed by atoms with Crippen molar-refractivity contribution in [3.63, 3.8) is 0 Å². The number of nitrogens with zero attached hydrogens (tertiary/aromatic N) is 1. The van der Waals surface area contributed by atoms with Crippen molar-refractivity contribution < 1.29 is 9.53 Å². The summed E-state index contributed by atoms with van der Waals surface area (Å²) in [6.45, 7) is 5.76. The largest absolute Gasteiger partial charge is 0.377 e. The van der Waals surface area contributed by atoms with Crippen LogP contribution in [-0.2, 0) is 16.0 Å². The highest BCUT2D eigenvalue weighted by Gasteiger charge is 2.23. The summed E-state index contributed by atoms with van der Waals surface area (Å²) in [7, 11) is 0. The van der Waals surface area contributed by atoms with Gasteiger partial charge in [0.05, 0.1) is 6.10 Å². The lowest BCUT2D eigenvalue weighted by atomic mass is 10.0. The van der Waals surface area contributed by atoms with Crippen LogP contribution < -0.4 is 5.32 Å². The van der Waals surface area contributed by atoms with Crippen LogP contribution in [0.15, 0.2) is 60.7 Å². The molecule has 2 aromatic rings. The van der Waals surface area contributed by atoms with Crippen molar-refractivity contribution in [2.24, 2.45) is 5.92 Å². The number of amides is 1. The Labute approximate surface area is 162 Å². The molecule has 0 aliphatic carbocycles. The zero-order valence-corrected chi connectivity index (χ0v) is 16.1. The van der Waals surface area contributed by atoms with Crippen LogP contribution in [0.2, 0.25) is 0 Å². The Hall–Kier alpha value is -2.17. The van der Waals surface area contributed by atoms with Crippen molar-refractivity contribution in [1.82, 2.24) is 4.90 Å². The average molecular weight is 367 g/mol. The topological polar surface area (TPSA) is 41.6 Å². The molecule has 3 rings (SSSR count). The molecule has 1 fully saturated rings. The van der Waals surface area contributed by atoms with Crippen LogP contribution in [0.5, 0.6) is 0 Å². The molecule has 144 valence electrons. The van der Waals surface area contributed by atoms with Gasteiger partial charge >= 0.3 is 0 Å². The molecule has 0 aromatic heterocycles. The van der Waals surface area contributed by atoms with Crippen molar-refractivity contribution in [3.05, 3.63) is 66.2 Å². The van der Waals surface area contributed by atoms with Crippen LogP contribution in [-0.4, -0.2) is 43.2 Å². The molecular weight excluding hydrogens is 336 g/mol. The Morgan fingerprint density at radius 2 is 1.85 bits per heavy atom. The van der Waals surface area contributed by atoms with Gasteiger partial charge < -0.3 is 15.0 Å². The van der Waals surface area contributed by atoms with Crippen molar-refractivity contribution in [2.45, 2.75) is 32.3 Å². The molecule has 1 amide bonds. The number of carbonyl (C=O) groups excluding carboxylic acids is 1. The van der Waals surface area contributed by atoms with Gasteiger partial charge in [-0.05, 0) is 37.0 Å². The average Bonchev–Trinajstić information content (AvgIpc) is 2.93. The number of carbonyl (C=O) groups is 1. The van der Waals surface area contributed by atoms with Gasteiger partial charge in [0.1, 0.15) is 0 Å². The first-order valence-corrected chi connectivity index (χ1v) is 9.94. The first kappa shape index (κ1) is 19.6. The van der Waals surface area contributed by atoms with E-state index < -0.39 is 0 Å². The van der Waals surface area contributed by atoms with E-state index in [9.17, 15) is 4.79 Å². The highest BCUT2D eigenvalue weighted by molar-refractivity contribution is 5.92. The lowest BCUT2D eigenvalue weighted by molar-refractivity contribution is -0.120. The highest BCUT2D eigenvalue weighted by atomic mass is 16.5. The molecule has 0 bridgehead atoms. The third-order valence-electron chi connectivity index (χ3n) is 5.10. The lowest BCUT2D eigenvalue weighted by Crippen LogP contribution is -2.35. The number of para-hydroxylation sites is 1. The standard InChI is InChI=1S/C23H30N2O2/c1-19(23(26)24-21-11-6-3-7-12-21)17-22-18-25(14-8-16-27-22)15-13-20-9-4-2-5-10-20/h2-7,9-12,19,22H,8,13-18H2,1H3,(H,24,26)/t19-,22?/m0/s1. The fourth-order valence-corrected chi connectivity index (χ4v) is 3.54. The highest BCUT2D eigenvalue weighted by Crippen LogP contribution is 2.17. The summed E-state index contributed by atoms with van der Waals surface area (Å²) in [4.78, 5) is 15.0. The number of nitrogens with one attached hydrogen (secondary N) is 1. The van der Waals surface area contributed by atoms with Gasteiger partial charge in [0.25, 0.3) is 0 Å². The molecule has 2 aromatic carbocycles. The molecule has 2 atom stereocenters. The summed E-state index contributed by atoms with van der Waals surface area (Å²) in [6.07, 6.45) is 2.97. The number of rotatable bonds is 7. The molecule has 1 heterocycles. The minimum atomic E-state index is -0.0794. The zero-order valence-electron chi connectivity index (χ0n) is 16.1. The number of hydrogen-bond acceptors (Lipinski definition) is 3. The van der Waals surface area contributed by atoms with Crippen LogP contribution in [0.4, 0.5) is 5.69 Å². The molecule has 27 heavy (non-hydrogen) atoms. The Morgan fingerprint density at radius 3 is 2.59 bits per heavy atom. The maximum Gasteiger partial charge on any atom is 0.227 e. The van der Waals surface area contributed by atoms with E-state index in [4.69, 9.17) is 4.74 Å². The van der Waals surface area contributed by atoms with Crippen molar-refractivity contribution in [2.75, 3.05) is 31.6 Å². The van der Waals surface area contributed by atoms with E-state index >= 15 is 0 Å². The number of ether oxygens (including phenoxy) is 1. The van der Waals surface area contributed by atoms with Crippen molar-refractivity contribution >= 4 is 11.6 Å². The van der Waals surface area contributed by atoms with Crippen LogP contribution >= 0.6 is 0 Å². The van der Waals surface area contributed by atoms with Gasteiger partial charge in [-0.15, -0.1) is 0 Å². The van der Waals surface area contributed by atoms with Gasteiger partial charge in [-0.1, -0.05) is 55.5 Å². The van der Waals surface area contributed by atoms with E-state index in [0.29, 0.717) is 0 Å². The Morgan fingerprint density at radius 1 is 1.15 bits per heavy atom. The predicted octanol–water partition coefficient (Wildman–Crippen LogP) is 3.98.